The van der Waals surface area contributed by atoms with Gasteiger partial charge in [-0.2, -0.15) is 15.0 Å². The van der Waals surface area contributed by atoms with Crippen LogP contribution in [-0.4, -0.2) is 35.6 Å². The summed E-state index contributed by atoms with van der Waals surface area (Å²) >= 11 is 5.85. The lowest BCUT2D eigenvalue weighted by Gasteiger charge is -2.13. The van der Waals surface area contributed by atoms with Gasteiger partial charge < -0.3 is 15.0 Å². The maximum atomic E-state index is 5.85. The SMILES string of the molecule is CCCNc1nc(Oc2ccc(Cl)cc2)nc(N(C)C)n1. The molecule has 21 heavy (non-hydrogen) atoms. The minimum Gasteiger partial charge on any atom is -0.424 e. The second-order valence-electron chi connectivity index (χ2n) is 4.62. The molecule has 6 nitrogen and oxygen atoms in total. The van der Waals surface area contributed by atoms with Crippen molar-refractivity contribution in [2.45, 2.75) is 13.3 Å². The van der Waals surface area contributed by atoms with Crippen LogP contribution >= 0.6 is 11.6 Å². The third kappa shape index (κ3) is 4.46. The zero-order valence-electron chi connectivity index (χ0n) is 12.3. The van der Waals surface area contributed by atoms with Crippen LogP contribution < -0.4 is 15.0 Å². The molecule has 0 spiro atoms. The van der Waals surface area contributed by atoms with Gasteiger partial charge in [-0.1, -0.05) is 18.5 Å². The molecule has 0 bridgehead atoms. The molecule has 1 N–H and O–H groups in total. The molecule has 112 valence electrons. The van der Waals surface area contributed by atoms with Crippen LogP contribution in [0.25, 0.3) is 0 Å². The predicted octanol–water partition coefficient (Wildman–Crippen LogP) is 3.21. The zero-order chi connectivity index (χ0) is 15.2. The van der Waals surface area contributed by atoms with E-state index in [1.807, 2.05) is 14.1 Å². The summed E-state index contributed by atoms with van der Waals surface area (Å²) < 4.78 is 5.66. The van der Waals surface area contributed by atoms with Gasteiger partial charge in [0.1, 0.15) is 5.75 Å². The van der Waals surface area contributed by atoms with Crippen molar-refractivity contribution in [3.05, 3.63) is 29.3 Å². The smallest absolute Gasteiger partial charge is 0.328 e. The molecule has 2 aromatic rings. The van der Waals surface area contributed by atoms with E-state index in [4.69, 9.17) is 16.3 Å². The molecule has 0 saturated heterocycles. The quantitative estimate of drug-likeness (QED) is 0.884. The molecule has 1 aromatic carbocycles. The molecule has 0 radical (unpaired) electrons. The molecule has 0 aliphatic rings. The molecule has 0 unspecified atom stereocenters. The minimum atomic E-state index is 0.245. The average molecular weight is 308 g/mol. The van der Waals surface area contributed by atoms with E-state index in [0.29, 0.717) is 22.7 Å². The number of rotatable bonds is 6. The fourth-order valence-corrected chi connectivity index (χ4v) is 1.64. The lowest BCUT2D eigenvalue weighted by Crippen LogP contribution is -2.16. The van der Waals surface area contributed by atoms with Gasteiger partial charge in [0.15, 0.2) is 0 Å². The zero-order valence-corrected chi connectivity index (χ0v) is 13.1. The molecular weight excluding hydrogens is 290 g/mol. The summed E-state index contributed by atoms with van der Waals surface area (Å²) in [4.78, 5) is 14.6. The molecule has 0 fully saturated rings. The van der Waals surface area contributed by atoms with Crippen LogP contribution in [0.5, 0.6) is 11.8 Å². The van der Waals surface area contributed by atoms with E-state index in [9.17, 15) is 0 Å². The average Bonchev–Trinajstić information content (AvgIpc) is 2.47. The highest BCUT2D eigenvalue weighted by atomic mass is 35.5. The Hall–Kier alpha value is -2.08. The van der Waals surface area contributed by atoms with Crippen molar-refractivity contribution in [1.82, 2.24) is 15.0 Å². The standard InChI is InChI=1S/C14H18ClN5O/c1-4-9-16-12-17-13(20(2)3)19-14(18-12)21-11-7-5-10(15)6-8-11/h5-8H,4,9H2,1-3H3,(H,16,17,18,19). The Morgan fingerprint density at radius 3 is 2.48 bits per heavy atom. The Labute approximate surface area is 129 Å². The van der Waals surface area contributed by atoms with Gasteiger partial charge in [0.2, 0.25) is 11.9 Å². The van der Waals surface area contributed by atoms with Gasteiger partial charge in [-0.3, -0.25) is 0 Å². The summed E-state index contributed by atoms with van der Waals surface area (Å²) in [7, 11) is 3.73. The van der Waals surface area contributed by atoms with Crippen molar-refractivity contribution in [2.75, 3.05) is 30.9 Å². The Balaban J connectivity index is 2.24. The first-order valence-corrected chi connectivity index (χ1v) is 7.07. The number of benzene rings is 1. The third-order valence-corrected chi connectivity index (χ3v) is 2.81. The lowest BCUT2D eigenvalue weighted by molar-refractivity contribution is 0.440. The molecule has 7 heteroatoms. The second-order valence-corrected chi connectivity index (χ2v) is 5.06. The maximum absolute atomic E-state index is 5.85. The van der Waals surface area contributed by atoms with Crippen LogP contribution in [0.3, 0.4) is 0 Å². The van der Waals surface area contributed by atoms with Crippen molar-refractivity contribution in [3.8, 4) is 11.8 Å². The van der Waals surface area contributed by atoms with E-state index in [2.05, 4.69) is 27.2 Å². The number of hydrogen-bond acceptors (Lipinski definition) is 6. The number of halogens is 1. The topological polar surface area (TPSA) is 63.2 Å². The van der Waals surface area contributed by atoms with E-state index in [1.54, 1.807) is 29.2 Å². The largest absolute Gasteiger partial charge is 0.424 e. The molecule has 0 atom stereocenters. The fraction of sp³-hybridized carbons (Fsp3) is 0.357. The maximum Gasteiger partial charge on any atom is 0.328 e. The van der Waals surface area contributed by atoms with Gasteiger partial charge in [0.25, 0.3) is 0 Å². The van der Waals surface area contributed by atoms with Crippen molar-refractivity contribution in [2.24, 2.45) is 0 Å². The molecule has 0 aliphatic heterocycles. The summed E-state index contributed by atoms with van der Waals surface area (Å²) in [5.41, 5.74) is 0. The van der Waals surface area contributed by atoms with Gasteiger partial charge in [-0.25, -0.2) is 0 Å². The third-order valence-electron chi connectivity index (χ3n) is 2.56. The highest BCUT2D eigenvalue weighted by Gasteiger charge is 2.09. The van der Waals surface area contributed by atoms with Gasteiger partial charge in [-0.05, 0) is 30.7 Å². The number of aromatic nitrogens is 3. The molecule has 0 aliphatic carbocycles. The van der Waals surface area contributed by atoms with Crippen LogP contribution in [0.1, 0.15) is 13.3 Å². The molecule has 0 saturated carbocycles. The first kappa shape index (κ1) is 15.3. The number of nitrogens with zero attached hydrogens (tertiary/aromatic N) is 4. The molecule has 2 rings (SSSR count). The summed E-state index contributed by atoms with van der Waals surface area (Å²) in [6.45, 7) is 2.86. The summed E-state index contributed by atoms with van der Waals surface area (Å²) in [5.74, 6) is 1.66. The van der Waals surface area contributed by atoms with Crippen LogP contribution in [0.2, 0.25) is 5.02 Å². The van der Waals surface area contributed by atoms with Crippen molar-refractivity contribution in [3.63, 3.8) is 0 Å². The Morgan fingerprint density at radius 1 is 1.14 bits per heavy atom. The summed E-state index contributed by atoms with van der Waals surface area (Å²) in [6.07, 6.45) is 0.982. The van der Waals surface area contributed by atoms with Crippen LogP contribution in [0.15, 0.2) is 24.3 Å². The van der Waals surface area contributed by atoms with Crippen LogP contribution in [-0.2, 0) is 0 Å². The van der Waals surface area contributed by atoms with Gasteiger partial charge in [0.05, 0.1) is 0 Å². The second kappa shape index (κ2) is 7.08. The molecular formula is C14H18ClN5O. The van der Waals surface area contributed by atoms with E-state index in [1.165, 1.54) is 0 Å². The molecule has 1 heterocycles. The first-order valence-electron chi connectivity index (χ1n) is 6.69. The fourth-order valence-electron chi connectivity index (χ4n) is 1.52. The van der Waals surface area contributed by atoms with E-state index in [0.717, 1.165) is 13.0 Å². The minimum absolute atomic E-state index is 0.245. The molecule has 0 amide bonds. The summed E-state index contributed by atoms with van der Waals surface area (Å²) in [5, 5.41) is 3.79. The number of ether oxygens (including phenoxy) is 1. The predicted molar refractivity (Wildman–Crippen MR) is 84.5 cm³/mol. The van der Waals surface area contributed by atoms with E-state index < -0.39 is 0 Å². The Kier molecular flexibility index (Phi) is 5.16. The highest BCUT2D eigenvalue weighted by Crippen LogP contribution is 2.22. The van der Waals surface area contributed by atoms with Crippen molar-refractivity contribution < 1.29 is 4.74 Å². The van der Waals surface area contributed by atoms with E-state index >= 15 is 0 Å². The number of anilines is 2. The Morgan fingerprint density at radius 2 is 1.86 bits per heavy atom. The first-order chi connectivity index (χ1) is 10.1. The van der Waals surface area contributed by atoms with Crippen LogP contribution in [0.4, 0.5) is 11.9 Å². The van der Waals surface area contributed by atoms with Crippen molar-refractivity contribution >= 4 is 23.5 Å². The van der Waals surface area contributed by atoms with E-state index in [-0.39, 0.29) is 6.01 Å². The molecule has 1 aromatic heterocycles. The van der Waals surface area contributed by atoms with Gasteiger partial charge >= 0.3 is 6.01 Å². The van der Waals surface area contributed by atoms with Crippen LogP contribution in [0, 0.1) is 0 Å². The Bertz CT molecular complexity index is 588. The van der Waals surface area contributed by atoms with Gasteiger partial charge in [0, 0.05) is 25.7 Å². The van der Waals surface area contributed by atoms with Gasteiger partial charge in [-0.15, -0.1) is 0 Å². The normalized spacial score (nSPS) is 10.3. The summed E-state index contributed by atoms with van der Waals surface area (Å²) in [6, 6.07) is 7.28. The lowest BCUT2D eigenvalue weighted by atomic mass is 10.3. The highest BCUT2D eigenvalue weighted by molar-refractivity contribution is 6.30. The number of nitrogens with one attached hydrogen (secondary N) is 1. The van der Waals surface area contributed by atoms with Crippen molar-refractivity contribution in [1.29, 1.82) is 0 Å². The monoisotopic (exact) mass is 307 g/mol. The number of hydrogen-bond donors (Lipinski definition) is 1.